The number of hydrogen-bond acceptors (Lipinski definition) is 3. The number of allylic oxidation sites excluding steroid dienone is 2. The monoisotopic (exact) mass is 388 g/mol. The molecule has 156 valence electrons. The Bertz CT molecular complexity index is 598. The van der Waals surface area contributed by atoms with E-state index >= 15 is 0 Å². The summed E-state index contributed by atoms with van der Waals surface area (Å²) in [6.45, 7) is 2.28. The molecule has 2 rings (SSSR count). The van der Waals surface area contributed by atoms with Crippen LogP contribution in [0.25, 0.3) is 0 Å². The van der Waals surface area contributed by atoms with E-state index in [9.17, 15) is 15.0 Å². The summed E-state index contributed by atoms with van der Waals surface area (Å²) in [6, 6.07) is 10.5. The predicted molar refractivity (Wildman–Crippen MR) is 112 cm³/mol. The van der Waals surface area contributed by atoms with Gasteiger partial charge in [-0.2, -0.15) is 0 Å². The molecule has 1 aromatic carbocycles. The van der Waals surface area contributed by atoms with Crippen molar-refractivity contribution in [2.45, 2.75) is 76.9 Å². The maximum Gasteiger partial charge on any atom is 0.303 e. The number of hydrogen-bond donors (Lipinski definition) is 3. The first-order chi connectivity index (χ1) is 13.5. The minimum absolute atomic E-state index is 0.104. The zero-order valence-corrected chi connectivity index (χ0v) is 17.0. The van der Waals surface area contributed by atoms with Gasteiger partial charge in [0.25, 0.3) is 0 Å². The average Bonchev–Trinajstić information content (AvgIpc) is 2.94. The molecule has 5 atom stereocenters. The summed E-state index contributed by atoms with van der Waals surface area (Å²) in [5.41, 5.74) is 1.37. The number of aliphatic carboxylic acids is 1. The highest BCUT2D eigenvalue weighted by atomic mass is 16.4. The first kappa shape index (κ1) is 22.6. The highest BCUT2D eigenvalue weighted by molar-refractivity contribution is 5.66. The summed E-state index contributed by atoms with van der Waals surface area (Å²) in [4.78, 5) is 10.5. The van der Waals surface area contributed by atoms with Crippen molar-refractivity contribution in [2.24, 2.45) is 17.8 Å². The van der Waals surface area contributed by atoms with Crippen LogP contribution < -0.4 is 0 Å². The summed E-state index contributed by atoms with van der Waals surface area (Å²) >= 11 is 0. The molecular formula is C24H36O4. The van der Waals surface area contributed by atoms with Crippen molar-refractivity contribution >= 4 is 5.97 Å². The van der Waals surface area contributed by atoms with Crippen LogP contribution in [0.15, 0.2) is 42.5 Å². The Morgan fingerprint density at radius 3 is 2.54 bits per heavy atom. The van der Waals surface area contributed by atoms with Crippen molar-refractivity contribution in [3.05, 3.63) is 48.0 Å². The smallest absolute Gasteiger partial charge is 0.303 e. The first-order valence-corrected chi connectivity index (χ1v) is 10.7. The molecule has 4 heteroatoms. The lowest BCUT2D eigenvalue weighted by atomic mass is 9.84. The van der Waals surface area contributed by atoms with Crippen LogP contribution in [-0.2, 0) is 11.2 Å². The number of unbranched alkanes of at least 4 members (excludes halogenated alkanes) is 1. The van der Waals surface area contributed by atoms with Crippen molar-refractivity contribution < 1.29 is 20.1 Å². The Morgan fingerprint density at radius 2 is 1.82 bits per heavy atom. The van der Waals surface area contributed by atoms with Crippen molar-refractivity contribution in [2.75, 3.05) is 0 Å². The number of aliphatic hydroxyl groups excluding tert-OH is 2. The largest absolute Gasteiger partial charge is 0.481 e. The molecule has 3 N–H and O–H groups in total. The minimum Gasteiger partial charge on any atom is -0.481 e. The van der Waals surface area contributed by atoms with E-state index in [1.165, 1.54) is 5.56 Å². The molecule has 1 aliphatic rings. The fraction of sp³-hybridized carbons (Fsp3) is 0.625. The molecule has 0 spiro atoms. The molecule has 0 heterocycles. The summed E-state index contributed by atoms with van der Waals surface area (Å²) in [6.07, 6.45) is 10.3. The second kappa shape index (κ2) is 12.0. The van der Waals surface area contributed by atoms with Crippen molar-refractivity contribution in [1.29, 1.82) is 0 Å². The minimum atomic E-state index is -0.760. The standard InChI is InChI=1S/C24H36O4/c1-18(13-15-19-9-5-4-6-10-19)14-16-21-20(22(25)17-23(21)26)11-7-2-3-8-12-24(27)28/h2,4-7,9-10,18,20-23,25-26H,3,8,11-17H2,1H3,(H,27,28). The van der Waals surface area contributed by atoms with Crippen LogP contribution in [0.2, 0.25) is 0 Å². The molecule has 0 saturated heterocycles. The summed E-state index contributed by atoms with van der Waals surface area (Å²) < 4.78 is 0. The SMILES string of the molecule is CC(CCc1ccccc1)CCC1C(O)CC(O)C1CC=CCCCC(=O)O. The van der Waals surface area contributed by atoms with Gasteiger partial charge >= 0.3 is 5.97 Å². The third kappa shape index (κ3) is 7.76. The van der Waals surface area contributed by atoms with Crippen LogP contribution in [0.1, 0.15) is 63.9 Å². The van der Waals surface area contributed by atoms with Crippen LogP contribution in [0.3, 0.4) is 0 Å². The number of aryl methyl sites for hydroxylation is 1. The van der Waals surface area contributed by atoms with Gasteiger partial charge in [0.2, 0.25) is 0 Å². The molecular weight excluding hydrogens is 352 g/mol. The van der Waals surface area contributed by atoms with Gasteiger partial charge in [-0.25, -0.2) is 0 Å². The Balaban J connectivity index is 1.74. The molecule has 1 fully saturated rings. The van der Waals surface area contributed by atoms with E-state index in [1.54, 1.807) is 0 Å². The van der Waals surface area contributed by atoms with Gasteiger partial charge in [0.05, 0.1) is 12.2 Å². The topological polar surface area (TPSA) is 77.8 Å². The van der Waals surface area contributed by atoms with Gasteiger partial charge in [0.15, 0.2) is 0 Å². The van der Waals surface area contributed by atoms with Crippen LogP contribution >= 0.6 is 0 Å². The molecule has 0 aromatic heterocycles. The Hall–Kier alpha value is -1.65. The molecule has 4 nitrogen and oxygen atoms in total. The van der Waals surface area contributed by atoms with Gasteiger partial charge in [-0.15, -0.1) is 0 Å². The number of carboxylic acids is 1. The molecule has 1 aliphatic carbocycles. The van der Waals surface area contributed by atoms with Gasteiger partial charge in [0, 0.05) is 6.42 Å². The molecule has 1 saturated carbocycles. The fourth-order valence-electron chi connectivity index (χ4n) is 4.33. The van der Waals surface area contributed by atoms with E-state index < -0.39 is 18.2 Å². The average molecular weight is 389 g/mol. The van der Waals surface area contributed by atoms with Crippen LogP contribution in [0, 0.1) is 17.8 Å². The highest BCUT2D eigenvalue weighted by Gasteiger charge is 2.40. The number of aliphatic hydroxyl groups is 2. The van der Waals surface area contributed by atoms with Gasteiger partial charge in [-0.3, -0.25) is 4.79 Å². The van der Waals surface area contributed by atoms with Crippen molar-refractivity contribution in [1.82, 2.24) is 0 Å². The van der Waals surface area contributed by atoms with E-state index in [-0.39, 0.29) is 18.3 Å². The molecule has 1 aromatic rings. The number of rotatable bonds is 12. The number of carbonyl (C=O) groups is 1. The van der Waals surface area contributed by atoms with Crippen LogP contribution in [-0.4, -0.2) is 33.5 Å². The Morgan fingerprint density at radius 1 is 1.11 bits per heavy atom. The predicted octanol–water partition coefficient (Wildman–Crippen LogP) is 4.59. The van der Waals surface area contributed by atoms with E-state index in [0.29, 0.717) is 18.8 Å². The van der Waals surface area contributed by atoms with Gasteiger partial charge in [0.1, 0.15) is 0 Å². The van der Waals surface area contributed by atoms with Crippen LogP contribution in [0.5, 0.6) is 0 Å². The lowest BCUT2D eigenvalue weighted by Crippen LogP contribution is -2.22. The second-order valence-corrected chi connectivity index (χ2v) is 8.40. The maximum absolute atomic E-state index is 10.5. The Kier molecular flexibility index (Phi) is 9.72. The van der Waals surface area contributed by atoms with E-state index in [4.69, 9.17) is 5.11 Å². The number of carboxylic acid groups (broad SMARTS) is 1. The molecule has 0 radical (unpaired) electrons. The van der Waals surface area contributed by atoms with Gasteiger partial charge in [-0.05, 0) is 68.3 Å². The Labute approximate surface area is 169 Å². The number of benzene rings is 1. The van der Waals surface area contributed by atoms with Gasteiger partial charge < -0.3 is 15.3 Å². The van der Waals surface area contributed by atoms with Crippen molar-refractivity contribution in [3.8, 4) is 0 Å². The quantitative estimate of drug-likeness (QED) is 0.361. The molecule has 28 heavy (non-hydrogen) atoms. The summed E-state index contributed by atoms with van der Waals surface area (Å²) in [5.74, 6) is 0.0893. The molecule has 0 aliphatic heterocycles. The van der Waals surface area contributed by atoms with Crippen molar-refractivity contribution in [3.63, 3.8) is 0 Å². The van der Waals surface area contributed by atoms with E-state index in [0.717, 1.165) is 38.5 Å². The third-order valence-corrected chi connectivity index (χ3v) is 6.12. The molecule has 5 unspecified atom stereocenters. The lowest BCUT2D eigenvalue weighted by Gasteiger charge is -2.24. The summed E-state index contributed by atoms with van der Waals surface area (Å²) in [5, 5.41) is 29.4. The van der Waals surface area contributed by atoms with Gasteiger partial charge in [-0.1, -0.05) is 55.8 Å². The van der Waals surface area contributed by atoms with E-state index in [2.05, 4.69) is 37.3 Å². The van der Waals surface area contributed by atoms with E-state index in [1.807, 2.05) is 12.1 Å². The fourth-order valence-corrected chi connectivity index (χ4v) is 4.33. The highest BCUT2D eigenvalue weighted by Crippen LogP contribution is 2.39. The normalized spacial score (nSPS) is 26.0. The summed E-state index contributed by atoms with van der Waals surface area (Å²) in [7, 11) is 0. The zero-order chi connectivity index (χ0) is 20.4. The molecule has 0 bridgehead atoms. The first-order valence-electron chi connectivity index (χ1n) is 10.7. The third-order valence-electron chi connectivity index (χ3n) is 6.12. The lowest BCUT2D eigenvalue weighted by molar-refractivity contribution is -0.137. The van der Waals surface area contributed by atoms with Crippen LogP contribution in [0.4, 0.5) is 0 Å². The zero-order valence-electron chi connectivity index (χ0n) is 17.0. The second-order valence-electron chi connectivity index (χ2n) is 8.40. The molecule has 0 amide bonds. The maximum atomic E-state index is 10.5.